The van der Waals surface area contributed by atoms with Gasteiger partial charge < -0.3 is 9.47 Å². The van der Waals surface area contributed by atoms with Crippen LogP contribution in [-0.2, 0) is 19.1 Å². The molecule has 88 valence electrons. The maximum absolute atomic E-state index is 11.2. The van der Waals surface area contributed by atoms with E-state index in [0.717, 1.165) is 6.42 Å². The zero-order valence-corrected chi connectivity index (χ0v) is 9.83. The highest BCUT2D eigenvalue weighted by Crippen LogP contribution is 2.06. The van der Waals surface area contributed by atoms with Crippen LogP contribution in [0.1, 0.15) is 26.7 Å². The van der Waals surface area contributed by atoms with Crippen molar-refractivity contribution in [3.8, 4) is 11.8 Å². The molecule has 0 aliphatic heterocycles. The lowest BCUT2D eigenvalue weighted by atomic mass is 10.1. The molecule has 1 unspecified atom stereocenters. The van der Waals surface area contributed by atoms with E-state index in [4.69, 9.17) is 4.74 Å². The number of unbranched alkanes of at least 4 members (excludes halogenated alkanes) is 1. The first-order valence-corrected chi connectivity index (χ1v) is 4.95. The summed E-state index contributed by atoms with van der Waals surface area (Å²) in [6.45, 7) is 6.73. The van der Waals surface area contributed by atoms with Gasteiger partial charge in [0.25, 0.3) is 0 Å². The molecule has 1 atom stereocenters. The van der Waals surface area contributed by atoms with Crippen LogP contribution in [0.25, 0.3) is 0 Å². The summed E-state index contributed by atoms with van der Waals surface area (Å²) in [7, 11) is 1.23. The average Bonchev–Trinajstić information content (AvgIpc) is 2.25. The Bertz CT molecular complexity index is 333. The van der Waals surface area contributed by atoms with Crippen molar-refractivity contribution in [3.05, 3.63) is 12.2 Å². The van der Waals surface area contributed by atoms with Gasteiger partial charge >= 0.3 is 11.9 Å². The molecule has 0 N–H and O–H groups in total. The summed E-state index contributed by atoms with van der Waals surface area (Å²) >= 11 is 0. The van der Waals surface area contributed by atoms with Gasteiger partial charge in [-0.2, -0.15) is 0 Å². The molecule has 0 aromatic heterocycles. The third kappa shape index (κ3) is 5.20. The monoisotopic (exact) mass is 224 g/mol. The Balaban J connectivity index is 4.68. The van der Waals surface area contributed by atoms with Crippen molar-refractivity contribution < 1.29 is 19.1 Å². The fourth-order valence-electron chi connectivity index (χ4n) is 0.882. The molecule has 4 heteroatoms. The largest absolute Gasteiger partial charge is 0.466 e. The molecule has 0 amide bonds. The molecule has 0 saturated heterocycles. The molecule has 0 fully saturated rings. The minimum atomic E-state index is -0.920. The number of carbonyl (C=O) groups excluding carboxylic acids is 2. The van der Waals surface area contributed by atoms with Crippen LogP contribution >= 0.6 is 0 Å². The molecule has 0 radical (unpaired) electrons. The molecule has 0 saturated carbocycles. The van der Waals surface area contributed by atoms with Crippen molar-refractivity contribution in [2.24, 2.45) is 0 Å². The highest BCUT2D eigenvalue weighted by molar-refractivity contribution is 5.90. The fourth-order valence-corrected chi connectivity index (χ4v) is 0.882. The van der Waals surface area contributed by atoms with E-state index in [9.17, 15) is 9.59 Å². The third-order valence-corrected chi connectivity index (χ3v) is 1.66. The summed E-state index contributed by atoms with van der Waals surface area (Å²) in [5.41, 5.74) is 0.0290. The molecule has 0 heterocycles. The van der Waals surface area contributed by atoms with Gasteiger partial charge in [0.1, 0.15) is 0 Å². The van der Waals surface area contributed by atoms with Crippen molar-refractivity contribution in [2.45, 2.75) is 32.8 Å². The lowest BCUT2D eigenvalue weighted by molar-refractivity contribution is -0.144. The Morgan fingerprint density at radius 1 is 1.44 bits per heavy atom. The maximum Gasteiger partial charge on any atom is 0.337 e. The van der Waals surface area contributed by atoms with Gasteiger partial charge in [-0.1, -0.05) is 25.3 Å². The number of carbonyl (C=O) groups is 2. The molecule has 0 aliphatic carbocycles. The van der Waals surface area contributed by atoms with Gasteiger partial charge in [0.2, 0.25) is 0 Å². The SMILES string of the molecule is C=C(C(=O)OC)C(C#CCCC)OC(C)=O. The summed E-state index contributed by atoms with van der Waals surface area (Å²) in [4.78, 5) is 22.0. The van der Waals surface area contributed by atoms with Crippen LogP contribution in [0.4, 0.5) is 0 Å². The second-order valence-electron chi connectivity index (χ2n) is 3.08. The van der Waals surface area contributed by atoms with Crippen LogP contribution in [0.3, 0.4) is 0 Å². The molecule has 0 aromatic rings. The van der Waals surface area contributed by atoms with E-state index in [1.54, 1.807) is 0 Å². The number of methoxy groups -OCH3 is 1. The van der Waals surface area contributed by atoms with Gasteiger partial charge in [-0.25, -0.2) is 4.79 Å². The lowest BCUT2D eigenvalue weighted by Gasteiger charge is -2.11. The zero-order valence-electron chi connectivity index (χ0n) is 9.83. The van der Waals surface area contributed by atoms with E-state index < -0.39 is 18.0 Å². The topological polar surface area (TPSA) is 52.6 Å². The molecule has 0 spiro atoms. The van der Waals surface area contributed by atoms with E-state index in [1.165, 1.54) is 14.0 Å². The quantitative estimate of drug-likeness (QED) is 0.412. The van der Waals surface area contributed by atoms with E-state index in [0.29, 0.717) is 6.42 Å². The van der Waals surface area contributed by atoms with E-state index >= 15 is 0 Å². The number of hydrogen-bond acceptors (Lipinski definition) is 4. The smallest absolute Gasteiger partial charge is 0.337 e. The fraction of sp³-hybridized carbons (Fsp3) is 0.500. The number of esters is 2. The molecule has 0 aromatic carbocycles. The van der Waals surface area contributed by atoms with Crippen LogP contribution in [0.5, 0.6) is 0 Å². The number of rotatable bonds is 4. The summed E-state index contributed by atoms with van der Waals surface area (Å²) < 4.78 is 9.35. The van der Waals surface area contributed by atoms with Crippen LogP contribution < -0.4 is 0 Å². The van der Waals surface area contributed by atoms with Gasteiger partial charge in [0.15, 0.2) is 6.10 Å². The Kier molecular flexibility index (Phi) is 6.69. The van der Waals surface area contributed by atoms with E-state index in [2.05, 4.69) is 23.2 Å². The predicted octanol–water partition coefficient (Wildman–Crippen LogP) is 1.45. The Morgan fingerprint density at radius 3 is 2.50 bits per heavy atom. The molecule has 4 nitrogen and oxygen atoms in total. The number of ether oxygens (including phenoxy) is 2. The highest BCUT2D eigenvalue weighted by atomic mass is 16.6. The summed E-state index contributed by atoms with van der Waals surface area (Å²) in [5, 5.41) is 0. The molecule has 0 aliphatic rings. The Labute approximate surface area is 95.6 Å². The molecular formula is C12H16O4. The normalized spacial score (nSPS) is 10.7. The first kappa shape index (κ1) is 14.2. The van der Waals surface area contributed by atoms with Crippen molar-refractivity contribution >= 4 is 11.9 Å². The van der Waals surface area contributed by atoms with Gasteiger partial charge in [0.05, 0.1) is 12.7 Å². The first-order chi connectivity index (χ1) is 7.52. The Hall–Kier alpha value is -1.76. The summed E-state index contributed by atoms with van der Waals surface area (Å²) in [6.07, 6.45) is 0.646. The van der Waals surface area contributed by atoms with Crippen molar-refractivity contribution in [2.75, 3.05) is 7.11 Å². The summed E-state index contributed by atoms with van der Waals surface area (Å²) in [6, 6.07) is 0. The van der Waals surface area contributed by atoms with Crippen molar-refractivity contribution in [3.63, 3.8) is 0 Å². The summed E-state index contributed by atoms with van der Waals surface area (Å²) in [5.74, 6) is 4.34. The predicted molar refractivity (Wildman–Crippen MR) is 59.4 cm³/mol. The van der Waals surface area contributed by atoms with Crippen LogP contribution in [0.2, 0.25) is 0 Å². The van der Waals surface area contributed by atoms with Crippen molar-refractivity contribution in [1.82, 2.24) is 0 Å². The zero-order chi connectivity index (χ0) is 12.6. The molecule has 0 bridgehead atoms. The molecule has 16 heavy (non-hydrogen) atoms. The van der Waals surface area contributed by atoms with Crippen molar-refractivity contribution in [1.29, 1.82) is 0 Å². The first-order valence-electron chi connectivity index (χ1n) is 4.95. The lowest BCUT2D eigenvalue weighted by Crippen LogP contribution is -2.22. The van der Waals surface area contributed by atoms with Crippen LogP contribution in [0.15, 0.2) is 12.2 Å². The standard InChI is InChI=1S/C12H16O4/c1-5-6-7-8-11(16-10(3)13)9(2)12(14)15-4/h11H,2,5-6H2,1,3-4H3. The maximum atomic E-state index is 11.2. The van der Waals surface area contributed by atoms with Gasteiger partial charge in [-0.3, -0.25) is 4.79 Å². The van der Waals surface area contributed by atoms with Gasteiger partial charge in [-0.05, 0) is 6.42 Å². The second-order valence-corrected chi connectivity index (χ2v) is 3.08. The van der Waals surface area contributed by atoms with Gasteiger partial charge in [-0.15, -0.1) is 0 Å². The van der Waals surface area contributed by atoms with Crippen LogP contribution in [0, 0.1) is 11.8 Å². The Morgan fingerprint density at radius 2 is 2.06 bits per heavy atom. The third-order valence-electron chi connectivity index (χ3n) is 1.66. The van der Waals surface area contributed by atoms with E-state index in [-0.39, 0.29) is 5.57 Å². The number of hydrogen-bond donors (Lipinski definition) is 0. The molecular weight excluding hydrogens is 208 g/mol. The van der Waals surface area contributed by atoms with Crippen LogP contribution in [-0.4, -0.2) is 25.2 Å². The molecule has 0 rings (SSSR count). The minimum absolute atomic E-state index is 0.0290. The highest BCUT2D eigenvalue weighted by Gasteiger charge is 2.20. The average molecular weight is 224 g/mol. The second kappa shape index (κ2) is 7.52. The van der Waals surface area contributed by atoms with Gasteiger partial charge in [0, 0.05) is 13.3 Å². The minimum Gasteiger partial charge on any atom is -0.466 e. The van der Waals surface area contributed by atoms with E-state index in [1.807, 2.05) is 6.92 Å².